The van der Waals surface area contributed by atoms with Crippen LogP contribution in [-0.2, 0) is 6.54 Å². The summed E-state index contributed by atoms with van der Waals surface area (Å²) in [7, 11) is 0. The highest BCUT2D eigenvalue weighted by atomic mass is 19.1. The van der Waals surface area contributed by atoms with Gasteiger partial charge in [0, 0.05) is 19.3 Å². The maximum absolute atomic E-state index is 13.2. The topological polar surface area (TPSA) is 110 Å². The summed E-state index contributed by atoms with van der Waals surface area (Å²) < 4.78 is 14.8. The number of nitrogens with zero attached hydrogens (tertiary/aromatic N) is 2. The number of aromatic nitrogens is 2. The fourth-order valence-corrected chi connectivity index (χ4v) is 1.72. The van der Waals surface area contributed by atoms with Crippen molar-refractivity contribution < 1.29 is 19.1 Å². The molecule has 0 spiro atoms. The SMILES string of the molecule is Nc1c(F)cccc1C(=O)NCCn1cnc(C(=O)O)c1. The number of hydrogen-bond donors (Lipinski definition) is 3. The van der Waals surface area contributed by atoms with Gasteiger partial charge in [-0.1, -0.05) is 6.07 Å². The Morgan fingerprint density at radius 3 is 2.86 bits per heavy atom. The second kappa shape index (κ2) is 6.04. The molecule has 2 rings (SSSR count). The van der Waals surface area contributed by atoms with Gasteiger partial charge < -0.3 is 20.7 Å². The zero-order valence-corrected chi connectivity index (χ0v) is 10.9. The lowest BCUT2D eigenvalue weighted by Gasteiger charge is -2.08. The zero-order valence-electron chi connectivity index (χ0n) is 10.9. The second-order valence-electron chi connectivity index (χ2n) is 4.26. The number of para-hydroxylation sites is 1. The average molecular weight is 292 g/mol. The van der Waals surface area contributed by atoms with Gasteiger partial charge in [0.2, 0.25) is 0 Å². The number of halogens is 1. The van der Waals surface area contributed by atoms with Crippen molar-refractivity contribution in [3.63, 3.8) is 0 Å². The van der Waals surface area contributed by atoms with Crippen LogP contribution in [0.2, 0.25) is 0 Å². The molecule has 0 saturated carbocycles. The van der Waals surface area contributed by atoms with Crippen molar-refractivity contribution in [3.8, 4) is 0 Å². The normalized spacial score (nSPS) is 10.3. The lowest BCUT2D eigenvalue weighted by Crippen LogP contribution is -2.27. The molecule has 1 amide bonds. The Bertz CT molecular complexity index is 684. The van der Waals surface area contributed by atoms with Crippen LogP contribution < -0.4 is 11.1 Å². The number of benzene rings is 1. The number of nitrogens with two attached hydrogens (primary N) is 1. The van der Waals surface area contributed by atoms with Gasteiger partial charge in [0.05, 0.1) is 17.6 Å². The average Bonchev–Trinajstić information content (AvgIpc) is 2.91. The first kappa shape index (κ1) is 14.5. The van der Waals surface area contributed by atoms with E-state index in [1.165, 1.54) is 35.3 Å². The van der Waals surface area contributed by atoms with Crippen LogP contribution in [0.15, 0.2) is 30.7 Å². The van der Waals surface area contributed by atoms with Crippen LogP contribution in [0.25, 0.3) is 0 Å². The fourth-order valence-electron chi connectivity index (χ4n) is 1.72. The minimum absolute atomic E-state index is 0.0619. The van der Waals surface area contributed by atoms with Crippen molar-refractivity contribution in [2.75, 3.05) is 12.3 Å². The Labute approximate surface area is 119 Å². The van der Waals surface area contributed by atoms with Crippen molar-refractivity contribution in [1.82, 2.24) is 14.9 Å². The minimum Gasteiger partial charge on any atom is -0.476 e. The van der Waals surface area contributed by atoms with Crippen molar-refractivity contribution in [1.29, 1.82) is 0 Å². The molecule has 110 valence electrons. The first-order chi connectivity index (χ1) is 9.99. The number of rotatable bonds is 5. The summed E-state index contributed by atoms with van der Waals surface area (Å²) in [6, 6.07) is 3.99. The van der Waals surface area contributed by atoms with Gasteiger partial charge in [-0.3, -0.25) is 4.79 Å². The molecule has 0 fully saturated rings. The number of carboxylic acid groups (broad SMARTS) is 1. The number of nitrogens with one attached hydrogen (secondary N) is 1. The number of anilines is 1. The lowest BCUT2D eigenvalue weighted by atomic mass is 10.1. The van der Waals surface area contributed by atoms with Crippen LogP contribution in [0.3, 0.4) is 0 Å². The molecular formula is C13H13FN4O3. The number of nitrogen functional groups attached to an aromatic ring is 1. The molecule has 21 heavy (non-hydrogen) atoms. The van der Waals surface area contributed by atoms with Gasteiger partial charge in [0.15, 0.2) is 5.69 Å². The van der Waals surface area contributed by atoms with Crippen LogP contribution in [0.4, 0.5) is 10.1 Å². The molecule has 0 radical (unpaired) electrons. The van der Waals surface area contributed by atoms with Crippen LogP contribution in [0, 0.1) is 5.82 Å². The van der Waals surface area contributed by atoms with Gasteiger partial charge in [0.1, 0.15) is 5.82 Å². The molecule has 0 aliphatic heterocycles. The molecule has 8 heteroatoms. The number of hydrogen-bond acceptors (Lipinski definition) is 4. The molecule has 0 bridgehead atoms. The van der Waals surface area contributed by atoms with E-state index in [1.807, 2.05) is 0 Å². The van der Waals surface area contributed by atoms with Crippen LogP contribution in [0.5, 0.6) is 0 Å². The number of carbonyl (C=O) groups excluding carboxylic acids is 1. The van der Waals surface area contributed by atoms with E-state index in [4.69, 9.17) is 10.8 Å². The first-order valence-corrected chi connectivity index (χ1v) is 6.06. The molecule has 0 atom stereocenters. The van der Waals surface area contributed by atoms with E-state index < -0.39 is 17.7 Å². The summed E-state index contributed by atoms with van der Waals surface area (Å²) in [5.74, 6) is -2.26. The maximum Gasteiger partial charge on any atom is 0.356 e. The summed E-state index contributed by atoms with van der Waals surface area (Å²) in [6.45, 7) is 0.561. The van der Waals surface area contributed by atoms with Gasteiger partial charge in [-0.15, -0.1) is 0 Å². The standard InChI is InChI=1S/C13H13FN4O3/c14-9-3-1-2-8(11(9)15)12(19)16-4-5-18-6-10(13(20)21)17-7-18/h1-3,6-7H,4-5,15H2,(H,16,19)(H,20,21). The number of imidazole rings is 1. The Morgan fingerprint density at radius 2 is 2.19 bits per heavy atom. The smallest absolute Gasteiger partial charge is 0.356 e. The summed E-state index contributed by atoms with van der Waals surface area (Å²) in [6.07, 6.45) is 2.71. The van der Waals surface area contributed by atoms with Crippen molar-refractivity contribution >= 4 is 17.6 Å². The molecule has 1 aromatic heterocycles. The van der Waals surface area contributed by atoms with E-state index in [1.54, 1.807) is 0 Å². The van der Waals surface area contributed by atoms with Gasteiger partial charge in [-0.25, -0.2) is 14.2 Å². The zero-order chi connectivity index (χ0) is 15.4. The van der Waals surface area contributed by atoms with Crippen molar-refractivity contribution in [2.45, 2.75) is 6.54 Å². The van der Waals surface area contributed by atoms with Crippen molar-refractivity contribution in [2.24, 2.45) is 0 Å². The largest absolute Gasteiger partial charge is 0.476 e. The quantitative estimate of drug-likeness (QED) is 0.704. The molecule has 4 N–H and O–H groups in total. The van der Waals surface area contributed by atoms with E-state index >= 15 is 0 Å². The Kier molecular flexibility index (Phi) is 4.17. The highest BCUT2D eigenvalue weighted by Gasteiger charge is 2.12. The molecule has 1 heterocycles. The van der Waals surface area contributed by atoms with Crippen LogP contribution >= 0.6 is 0 Å². The third kappa shape index (κ3) is 3.35. The van der Waals surface area contributed by atoms with E-state index in [9.17, 15) is 14.0 Å². The van der Waals surface area contributed by atoms with E-state index in [2.05, 4.69) is 10.3 Å². The monoisotopic (exact) mass is 292 g/mol. The highest BCUT2D eigenvalue weighted by molar-refractivity contribution is 5.99. The summed E-state index contributed by atoms with van der Waals surface area (Å²) in [4.78, 5) is 26.2. The minimum atomic E-state index is -1.12. The second-order valence-corrected chi connectivity index (χ2v) is 4.26. The molecule has 0 saturated heterocycles. The predicted octanol–water partition coefficient (Wildman–Crippen LogP) is 0.733. The number of amides is 1. The van der Waals surface area contributed by atoms with Crippen LogP contribution in [-0.4, -0.2) is 33.1 Å². The summed E-state index contributed by atoms with van der Waals surface area (Å²) >= 11 is 0. The predicted molar refractivity (Wildman–Crippen MR) is 72.3 cm³/mol. The van der Waals surface area contributed by atoms with Crippen LogP contribution in [0.1, 0.15) is 20.8 Å². The Morgan fingerprint density at radius 1 is 1.43 bits per heavy atom. The van der Waals surface area contributed by atoms with Gasteiger partial charge in [0.25, 0.3) is 5.91 Å². The molecule has 1 aromatic carbocycles. The van der Waals surface area contributed by atoms with E-state index in [-0.39, 0.29) is 23.5 Å². The summed E-state index contributed by atoms with van der Waals surface area (Å²) in [5.41, 5.74) is 5.27. The third-order valence-electron chi connectivity index (χ3n) is 2.81. The lowest BCUT2D eigenvalue weighted by molar-refractivity contribution is 0.0690. The first-order valence-electron chi connectivity index (χ1n) is 6.06. The third-order valence-corrected chi connectivity index (χ3v) is 2.81. The Hall–Kier alpha value is -2.90. The molecule has 2 aromatic rings. The number of carboxylic acids is 1. The fraction of sp³-hybridized carbons (Fsp3) is 0.154. The van der Waals surface area contributed by atoms with Gasteiger partial charge >= 0.3 is 5.97 Å². The molecule has 7 nitrogen and oxygen atoms in total. The highest BCUT2D eigenvalue weighted by Crippen LogP contribution is 2.15. The number of aromatic carboxylic acids is 1. The summed E-state index contributed by atoms with van der Waals surface area (Å²) in [5, 5.41) is 11.3. The van der Waals surface area contributed by atoms with E-state index in [0.29, 0.717) is 6.54 Å². The Balaban J connectivity index is 1.92. The molecule has 0 aliphatic carbocycles. The van der Waals surface area contributed by atoms with Crippen molar-refractivity contribution in [3.05, 3.63) is 47.8 Å². The van der Waals surface area contributed by atoms with Gasteiger partial charge in [-0.05, 0) is 12.1 Å². The molecule has 0 aliphatic rings. The molecule has 0 unspecified atom stereocenters. The molecular weight excluding hydrogens is 279 g/mol. The van der Waals surface area contributed by atoms with E-state index in [0.717, 1.165) is 0 Å². The maximum atomic E-state index is 13.2. The number of carbonyl (C=O) groups is 2. The van der Waals surface area contributed by atoms with Gasteiger partial charge in [-0.2, -0.15) is 0 Å².